The number of fused-ring (bicyclic) bond motifs is 1. The van der Waals surface area contributed by atoms with E-state index in [0.717, 1.165) is 0 Å². The predicted octanol–water partition coefficient (Wildman–Crippen LogP) is 0.667. The van der Waals surface area contributed by atoms with E-state index in [9.17, 15) is 14.9 Å². The maximum absolute atomic E-state index is 11.8. The molecule has 9 nitrogen and oxygen atoms in total. The average Bonchev–Trinajstić information content (AvgIpc) is 3.00. The van der Waals surface area contributed by atoms with Crippen molar-refractivity contribution in [3.8, 4) is 0 Å². The maximum Gasteiger partial charge on any atom is 0.372 e. The van der Waals surface area contributed by atoms with Gasteiger partial charge in [0.15, 0.2) is 0 Å². The van der Waals surface area contributed by atoms with Gasteiger partial charge in [-0.05, 0) is 11.0 Å². The Bertz CT molecular complexity index is 794. The number of pyridine rings is 1. The zero-order valence-corrected chi connectivity index (χ0v) is 13.8. The van der Waals surface area contributed by atoms with Gasteiger partial charge in [0.2, 0.25) is 17.4 Å². The number of carbonyl (C=O) groups is 1. The molecular formula is C16H20N6O3. The smallest absolute Gasteiger partial charge is 0.358 e. The highest BCUT2D eigenvalue weighted by Gasteiger charge is 2.29. The van der Waals surface area contributed by atoms with Crippen molar-refractivity contribution in [2.45, 2.75) is 0 Å². The first-order valence-electron chi connectivity index (χ1n) is 8.06. The third kappa shape index (κ3) is 3.61. The summed E-state index contributed by atoms with van der Waals surface area (Å²) in [6.07, 6.45) is 3.28. The minimum Gasteiger partial charge on any atom is -0.358 e. The van der Waals surface area contributed by atoms with Crippen LogP contribution in [0.4, 0.5) is 11.6 Å². The molecule has 0 aromatic carbocycles. The Morgan fingerprint density at radius 1 is 1.36 bits per heavy atom. The van der Waals surface area contributed by atoms with Crippen LogP contribution in [0.5, 0.6) is 0 Å². The third-order valence-electron chi connectivity index (χ3n) is 4.14. The molecule has 0 radical (unpaired) electrons. The summed E-state index contributed by atoms with van der Waals surface area (Å²) in [5.74, 6) is 0.312. The van der Waals surface area contributed by atoms with Crippen molar-refractivity contribution in [2.24, 2.45) is 0 Å². The van der Waals surface area contributed by atoms with Gasteiger partial charge in [-0.3, -0.25) is 9.69 Å². The van der Waals surface area contributed by atoms with E-state index in [4.69, 9.17) is 0 Å². The number of piperazine rings is 1. The van der Waals surface area contributed by atoms with Gasteiger partial charge in [-0.15, -0.1) is 6.58 Å². The van der Waals surface area contributed by atoms with Gasteiger partial charge < -0.3 is 20.3 Å². The average molecular weight is 344 g/mol. The van der Waals surface area contributed by atoms with Crippen LogP contribution in [-0.2, 0) is 4.79 Å². The quantitative estimate of drug-likeness (QED) is 0.470. The Labute approximate surface area is 144 Å². The molecule has 0 atom stereocenters. The van der Waals surface area contributed by atoms with Crippen molar-refractivity contribution in [3.63, 3.8) is 0 Å². The van der Waals surface area contributed by atoms with E-state index in [0.29, 0.717) is 50.7 Å². The topological polar surface area (TPSA) is 96.0 Å². The van der Waals surface area contributed by atoms with Crippen molar-refractivity contribution >= 4 is 23.2 Å². The third-order valence-corrected chi connectivity index (χ3v) is 4.14. The van der Waals surface area contributed by atoms with Gasteiger partial charge in [0, 0.05) is 38.8 Å². The molecular weight excluding hydrogens is 324 g/mol. The zero-order chi connectivity index (χ0) is 17.8. The summed E-state index contributed by atoms with van der Waals surface area (Å²) in [4.78, 5) is 31.2. The minimum atomic E-state index is -0.398. The molecule has 0 bridgehead atoms. The van der Waals surface area contributed by atoms with Crippen LogP contribution in [0.3, 0.4) is 0 Å². The van der Waals surface area contributed by atoms with E-state index < -0.39 is 4.92 Å². The molecule has 0 aliphatic carbocycles. The lowest BCUT2D eigenvalue weighted by atomic mass is 10.3. The second-order valence-electron chi connectivity index (χ2n) is 5.80. The van der Waals surface area contributed by atoms with Crippen LogP contribution in [0.15, 0.2) is 37.1 Å². The Balaban J connectivity index is 1.70. The number of amides is 1. The Kier molecular flexibility index (Phi) is 4.94. The van der Waals surface area contributed by atoms with Crippen molar-refractivity contribution in [1.82, 2.24) is 19.6 Å². The fourth-order valence-electron chi connectivity index (χ4n) is 2.92. The van der Waals surface area contributed by atoms with E-state index in [2.05, 4.69) is 16.9 Å². The van der Waals surface area contributed by atoms with Crippen LogP contribution in [0.1, 0.15) is 0 Å². The Hall–Kier alpha value is -2.94. The lowest BCUT2D eigenvalue weighted by Crippen LogP contribution is -2.49. The first kappa shape index (κ1) is 16.9. The summed E-state index contributed by atoms with van der Waals surface area (Å²) >= 11 is 0. The summed E-state index contributed by atoms with van der Waals surface area (Å²) in [6, 6.07) is 5.29. The van der Waals surface area contributed by atoms with E-state index in [-0.39, 0.29) is 11.7 Å². The first-order chi connectivity index (χ1) is 12.1. The monoisotopic (exact) mass is 344 g/mol. The SMILES string of the molecule is C=CCNC(=O)CN1CCN(c2nc3ccccn3c2[N+](=O)[O-])CC1. The highest BCUT2D eigenvalue weighted by Crippen LogP contribution is 2.29. The molecule has 0 spiro atoms. The molecule has 1 amide bonds. The molecule has 3 rings (SSSR count). The molecule has 1 N–H and O–H groups in total. The van der Waals surface area contributed by atoms with Crippen LogP contribution in [-0.4, -0.2) is 64.4 Å². The van der Waals surface area contributed by atoms with Crippen molar-refractivity contribution in [3.05, 3.63) is 47.2 Å². The molecule has 25 heavy (non-hydrogen) atoms. The van der Waals surface area contributed by atoms with Crippen LogP contribution >= 0.6 is 0 Å². The summed E-state index contributed by atoms with van der Waals surface area (Å²) in [7, 11) is 0. The highest BCUT2D eigenvalue weighted by molar-refractivity contribution is 5.78. The largest absolute Gasteiger partial charge is 0.372 e. The molecule has 1 aliphatic rings. The number of nitrogens with zero attached hydrogens (tertiary/aromatic N) is 5. The summed E-state index contributed by atoms with van der Waals surface area (Å²) in [5.41, 5.74) is 0.551. The highest BCUT2D eigenvalue weighted by atomic mass is 16.6. The van der Waals surface area contributed by atoms with Crippen LogP contribution < -0.4 is 10.2 Å². The van der Waals surface area contributed by atoms with E-state index in [1.54, 1.807) is 30.5 Å². The lowest BCUT2D eigenvalue weighted by molar-refractivity contribution is -0.389. The molecule has 132 valence electrons. The fourth-order valence-corrected chi connectivity index (χ4v) is 2.92. The number of hydrogen-bond donors (Lipinski definition) is 1. The van der Waals surface area contributed by atoms with Gasteiger partial charge in [-0.25, -0.2) is 0 Å². The number of imidazole rings is 1. The molecule has 3 heterocycles. The fraction of sp³-hybridized carbons (Fsp3) is 0.375. The van der Waals surface area contributed by atoms with E-state index in [1.165, 1.54) is 4.40 Å². The molecule has 1 aliphatic heterocycles. The van der Waals surface area contributed by atoms with Crippen LogP contribution in [0.2, 0.25) is 0 Å². The minimum absolute atomic E-state index is 0.0206. The normalized spacial score (nSPS) is 15.3. The van der Waals surface area contributed by atoms with Crippen molar-refractivity contribution in [2.75, 3.05) is 44.2 Å². The molecule has 2 aromatic heterocycles. The maximum atomic E-state index is 11.8. The predicted molar refractivity (Wildman–Crippen MR) is 93.7 cm³/mol. The van der Waals surface area contributed by atoms with Crippen molar-refractivity contribution < 1.29 is 9.72 Å². The molecule has 2 aromatic rings. The van der Waals surface area contributed by atoms with Crippen LogP contribution in [0, 0.1) is 10.1 Å². The molecule has 0 unspecified atom stereocenters. The summed E-state index contributed by atoms with van der Waals surface area (Å²) < 4.78 is 1.49. The van der Waals surface area contributed by atoms with Crippen molar-refractivity contribution in [1.29, 1.82) is 0 Å². The van der Waals surface area contributed by atoms with E-state index >= 15 is 0 Å². The Morgan fingerprint density at radius 3 is 2.80 bits per heavy atom. The number of hydrogen-bond acceptors (Lipinski definition) is 6. The van der Waals surface area contributed by atoms with E-state index in [1.807, 2.05) is 9.80 Å². The number of rotatable bonds is 6. The molecule has 1 saturated heterocycles. The number of carbonyl (C=O) groups excluding carboxylic acids is 1. The van der Waals surface area contributed by atoms with Crippen LogP contribution in [0.25, 0.3) is 5.65 Å². The number of anilines is 1. The molecule has 0 saturated carbocycles. The standard InChI is InChI=1S/C16H20N6O3/c1-2-6-17-14(23)12-19-8-10-20(11-9-19)15-16(22(24)25)21-7-4-3-5-13(21)18-15/h2-5,7H,1,6,8-12H2,(H,17,23). The zero-order valence-electron chi connectivity index (χ0n) is 13.8. The van der Waals surface area contributed by atoms with Gasteiger partial charge >= 0.3 is 5.82 Å². The number of aromatic nitrogens is 2. The summed E-state index contributed by atoms with van der Waals surface area (Å²) in [6.45, 7) is 6.79. The van der Waals surface area contributed by atoms with Gasteiger partial charge in [0.25, 0.3) is 0 Å². The van der Waals surface area contributed by atoms with Gasteiger partial charge in [-0.1, -0.05) is 12.1 Å². The van der Waals surface area contributed by atoms with Gasteiger partial charge in [0.1, 0.15) is 0 Å². The summed E-state index contributed by atoms with van der Waals surface area (Å²) in [5, 5.41) is 14.2. The first-order valence-corrected chi connectivity index (χ1v) is 8.06. The van der Waals surface area contributed by atoms with Gasteiger partial charge in [-0.2, -0.15) is 9.38 Å². The second kappa shape index (κ2) is 7.31. The number of nitro groups is 1. The number of nitrogens with one attached hydrogen (secondary N) is 1. The molecule has 9 heteroatoms. The van der Waals surface area contributed by atoms with Gasteiger partial charge in [0.05, 0.1) is 12.7 Å². The second-order valence-corrected chi connectivity index (χ2v) is 5.80. The lowest BCUT2D eigenvalue weighted by Gasteiger charge is -2.34. The molecule has 1 fully saturated rings. The Morgan fingerprint density at radius 2 is 2.12 bits per heavy atom.